The third-order valence-corrected chi connectivity index (χ3v) is 4.25. The van der Waals surface area contributed by atoms with E-state index in [0.29, 0.717) is 5.56 Å². The molecule has 1 unspecified atom stereocenters. The predicted molar refractivity (Wildman–Crippen MR) is 88.8 cm³/mol. The van der Waals surface area contributed by atoms with Gasteiger partial charge in [0, 0.05) is 11.3 Å². The predicted octanol–water partition coefficient (Wildman–Crippen LogP) is 3.87. The fraction of sp³-hybridized carbons (Fsp3) is 0.105. The second kappa shape index (κ2) is 4.60. The summed E-state index contributed by atoms with van der Waals surface area (Å²) in [5, 5.41) is 8.89. The molecule has 2 N–H and O–H groups in total. The van der Waals surface area contributed by atoms with Crippen LogP contribution in [-0.4, -0.2) is 5.91 Å². The molecule has 1 aliphatic heterocycles. The van der Waals surface area contributed by atoms with E-state index in [1.807, 2.05) is 49.4 Å². The van der Waals surface area contributed by atoms with Crippen molar-refractivity contribution in [3.05, 3.63) is 77.9 Å². The van der Waals surface area contributed by atoms with Gasteiger partial charge in [0.1, 0.15) is 5.66 Å². The molecule has 108 valence electrons. The number of fused-ring (bicyclic) bond motifs is 2. The molecule has 0 saturated carbocycles. The first-order chi connectivity index (χ1) is 10.7. The van der Waals surface area contributed by atoms with Crippen LogP contribution in [0.4, 0.5) is 5.69 Å². The summed E-state index contributed by atoms with van der Waals surface area (Å²) in [6, 6.07) is 22.0. The van der Waals surface area contributed by atoms with Gasteiger partial charge < -0.3 is 10.6 Å². The van der Waals surface area contributed by atoms with Gasteiger partial charge in [0.25, 0.3) is 5.91 Å². The summed E-state index contributed by atoms with van der Waals surface area (Å²) in [5.74, 6) is -0.0511. The van der Waals surface area contributed by atoms with Crippen LogP contribution in [0.2, 0.25) is 0 Å². The first-order valence-electron chi connectivity index (χ1n) is 7.35. The summed E-state index contributed by atoms with van der Waals surface area (Å²) in [6.07, 6.45) is 0. The van der Waals surface area contributed by atoms with E-state index in [2.05, 4.69) is 34.9 Å². The first kappa shape index (κ1) is 12.9. The van der Waals surface area contributed by atoms with E-state index >= 15 is 0 Å². The highest BCUT2D eigenvalue weighted by molar-refractivity contribution is 6.03. The van der Waals surface area contributed by atoms with Crippen molar-refractivity contribution in [1.82, 2.24) is 5.32 Å². The van der Waals surface area contributed by atoms with E-state index in [0.717, 1.165) is 22.0 Å². The number of carbonyl (C=O) groups excluding carboxylic acids is 1. The molecule has 4 rings (SSSR count). The molecular weight excluding hydrogens is 272 g/mol. The second-order valence-electron chi connectivity index (χ2n) is 5.78. The highest BCUT2D eigenvalue weighted by Crippen LogP contribution is 2.34. The molecule has 0 bridgehead atoms. The molecule has 0 saturated heterocycles. The van der Waals surface area contributed by atoms with E-state index in [1.165, 1.54) is 0 Å². The summed E-state index contributed by atoms with van der Waals surface area (Å²) >= 11 is 0. The van der Waals surface area contributed by atoms with Crippen molar-refractivity contribution in [2.75, 3.05) is 5.32 Å². The lowest BCUT2D eigenvalue weighted by atomic mass is 9.92. The maximum atomic E-state index is 12.5. The van der Waals surface area contributed by atoms with Crippen LogP contribution in [0.25, 0.3) is 10.8 Å². The quantitative estimate of drug-likeness (QED) is 0.713. The largest absolute Gasteiger partial charge is 0.359 e. The molecule has 1 atom stereocenters. The van der Waals surface area contributed by atoms with Gasteiger partial charge in [-0.25, -0.2) is 0 Å². The SMILES string of the molecule is CC1(c2cccc3ccccc23)NC(=O)c2ccccc2N1. The first-order valence-corrected chi connectivity index (χ1v) is 7.35. The monoisotopic (exact) mass is 288 g/mol. The second-order valence-corrected chi connectivity index (χ2v) is 5.78. The molecule has 0 radical (unpaired) electrons. The van der Waals surface area contributed by atoms with Crippen LogP contribution in [0.5, 0.6) is 0 Å². The molecule has 22 heavy (non-hydrogen) atoms. The average Bonchev–Trinajstić information content (AvgIpc) is 2.54. The molecular formula is C19H16N2O. The van der Waals surface area contributed by atoms with Crippen molar-refractivity contribution in [2.24, 2.45) is 0 Å². The van der Waals surface area contributed by atoms with Gasteiger partial charge in [0.2, 0.25) is 0 Å². The molecule has 0 aromatic heterocycles. The Kier molecular flexibility index (Phi) is 2.70. The van der Waals surface area contributed by atoms with Crippen molar-refractivity contribution in [2.45, 2.75) is 12.6 Å². The normalized spacial score (nSPS) is 20.1. The topological polar surface area (TPSA) is 41.1 Å². The Hall–Kier alpha value is -2.81. The zero-order chi connectivity index (χ0) is 15.2. The zero-order valence-electron chi connectivity index (χ0n) is 12.3. The van der Waals surface area contributed by atoms with Gasteiger partial charge >= 0.3 is 0 Å². The summed E-state index contributed by atoms with van der Waals surface area (Å²) in [4.78, 5) is 12.5. The smallest absolute Gasteiger partial charge is 0.255 e. The maximum Gasteiger partial charge on any atom is 0.255 e. The number of hydrogen-bond acceptors (Lipinski definition) is 2. The number of carbonyl (C=O) groups is 1. The maximum absolute atomic E-state index is 12.5. The number of amides is 1. The van der Waals surface area contributed by atoms with Crippen molar-refractivity contribution < 1.29 is 4.79 Å². The van der Waals surface area contributed by atoms with Gasteiger partial charge in [0.05, 0.1) is 5.56 Å². The summed E-state index contributed by atoms with van der Waals surface area (Å²) in [7, 11) is 0. The molecule has 3 nitrogen and oxygen atoms in total. The molecule has 1 amide bonds. The van der Waals surface area contributed by atoms with Crippen LogP contribution < -0.4 is 10.6 Å². The lowest BCUT2D eigenvalue weighted by molar-refractivity contribution is 0.0907. The molecule has 0 fully saturated rings. The van der Waals surface area contributed by atoms with Crippen LogP contribution in [0.3, 0.4) is 0 Å². The molecule has 1 aliphatic rings. The fourth-order valence-electron chi connectivity index (χ4n) is 3.18. The van der Waals surface area contributed by atoms with Gasteiger partial charge in [0.15, 0.2) is 0 Å². The minimum atomic E-state index is -0.633. The minimum Gasteiger partial charge on any atom is -0.359 e. The summed E-state index contributed by atoms with van der Waals surface area (Å²) < 4.78 is 0. The Balaban J connectivity index is 1.90. The zero-order valence-corrected chi connectivity index (χ0v) is 12.3. The summed E-state index contributed by atoms with van der Waals surface area (Å²) in [5.41, 5.74) is 1.97. The lowest BCUT2D eigenvalue weighted by Crippen LogP contribution is -2.53. The standard InChI is InChI=1S/C19H16N2O/c1-19(16-11-6-8-13-7-2-3-9-14(13)16)20-17-12-5-4-10-15(17)18(22)21-19/h2-12,20H,1H3,(H,21,22). The molecule has 3 heteroatoms. The molecule has 3 aromatic carbocycles. The van der Waals surface area contributed by atoms with Crippen molar-refractivity contribution in [3.63, 3.8) is 0 Å². The van der Waals surface area contributed by atoms with Crippen LogP contribution in [0, 0.1) is 0 Å². The van der Waals surface area contributed by atoms with Gasteiger partial charge in [-0.15, -0.1) is 0 Å². The Morgan fingerprint density at radius 1 is 0.818 bits per heavy atom. The van der Waals surface area contributed by atoms with Crippen LogP contribution in [-0.2, 0) is 5.66 Å². The van der Waals surface area contributed by atoms with Crippen molar-refractivity contribution >= 4 is 22.4 Å². The fourth-order valence-corrected chi connectivity index (χ4v) is 3.18. The van der Waals surface area contributed by atoms with Gasteiger partial charge in [-0.3, -0.25) is 4.79 Å². The number of rotatable bonds is 1. The molecule has 0 spiro atoms. The van der Waals surface area contributed by atoms with Crippen LogP contribution >= 0.6 is 0 Å². The molecule has 1 heterocycles. The lowest BCUT2D eigenvalue weighted by Gasteiger charge is -2.38. The summed E-state index contributed by atoms with van der Waals surface area (Å²) in [6.45, 7) is 2.00. The van der Waals surface area contributed by atoms with Gasteiger partial charge in [-0.2, -0.15) is 0 Å². The van der Waals surface area contributed by atoms with Crippen LogP contribution in [0.15, 0.2) is 66.7 Å². The highest BCUT2D eigenvalue weighted by atomic mass is 16.2. The Morgan fingerprint density at radius 3 is 2.45 bits per heavy atom. The van der Waals surface area contributed by atoms with Gasteiger partial charge in [-0.05, 0) is 29.8 Å². The van der Waals surface area contributed by atoms with Gasteiger partial charge in [-0.1, -0.05) is 54.6 Å². The number of para-hydroxylation sites is 1. The Morgan fingerprint density at radius 2 is 1.55 bits per heavy atom. The van der Waals surface area contributed by atoms with Crippen molar-refractivity contribution in [3.8, 4) is 0 Å². The minimum absolute atomic E-state index is 0.0511. The van der Waals surface area contributed by atoms with E-state index in [4.69, 9.17) is 0 Å². The number of anilines is 1. The number of hydrogen-bond donors (Lipinski definition) is 2. The Bertz CT molecular complexity index is 882. The number of nitrogens with one attached hydrogen (secondary N) is 2. The van der Waals surface area contributed by atoms with E-state index in [1.54, 1.807) is 0 Å². The third kappa shape index (κ3) is 1.86. The van der Waals surface area contributed by atoms with E-state index in [9.17, 15) is 4.79 Å². The molecule has 0 aliphatic carbocycles. The van der Waals surface area contributed by atoms with E-state index < -0.39 is 5.66 Å². The average molecular weight is 288 g/mol. The van der Waals surface area contributed by atoms with E-state index in [-0.39, 0.29) is 5.91 Å². The molecule has 3 aromatic rings. The Labute approximate surface area is 129 Å². The number of benzene rings is 3. The van der Waals surface area contributed by atoms with Crippen LogP contribution in [0.1, 0.15) is 22.8 Å². The highest BCUT2D eigenvalue weighted by Gasteiger charge is 2.35. The van der Waals surface area contributed by atoms with Crippen molar-refractivity contribution in [1.29, 1.82) is 0 Å². The third-order valence-electron chi connectivity index (χ3n) is 4.25.